The summed E-state index contributed by atoms with van der Waals surface area (Å²) in [6.07, 6.45) is 3.32. The lowest BCUT2D eigenvalue weighted by Gasteiger charge is -2.08. The van der Waals surface area contributed by atoms with Crippen LogP contribution in [0.25, 0.3) is 5.69 Å². The van der Waals surface area contributed by atoms with Gasteiger partial charge in [0.1, 0.15) is 0 Å². The number of aromatic nitrogens is 5. The Morgan fingerprint density at radius 3 is 2.41 bits per heavy atom. The Labute approximate surface area is 187 Å². The molecule has 0 bridgehead atoms. The summed E-state index contributed by atoms with van der Waals surface area (Å²) in [6, 6.07) is 17.6. The van der Waals surface area contributed by atoms with E-state index in [-0.39, 0.29) is 5.69 Å². The molecule has 4 aromatic rings. The minimum absolute atomic E-state index is 0.189. The molecule has 0 radical (unpaired) electrons. The van der Waals surface area contributed by atoms with Crippen LogP contribution in [0.1, 0.15) is 26.5 Å². The second-order valence-electron chi connectivity index (χ2n) is 6.48. The molecule has 9 nitrogen and oxygen atoms in total. The predicted molar refractivity (Wildman–Crippen MR) is 119 cm³/mol. The number of amides is 1. The molecule has 0 aliphatic carbocycles. The van der Waals surface area contributed by atoms with Crippen LogP contribution < -0.4 is 5.32 Å². The third-order valence-electron chi connectivity index (χ3n) is 4.42. The number of ether oxygens (including phenoxy) is 1. The van der Waals surface area contributed by atoms with Gasteiger partial charge in [0.05, 0.1) is 24.1 Å². The smallest absolute Gasteiger partial charge is 0.337 e. The number of hydrogen-bond donors (Lipinski definition) is 1. The predicted octanol–water partition coefficient (Wildman–Crippen LogP) is 3.39. The van der Waals surface area contributed by atoms with Crippen molar-refractivity contribution >= 4 is 29.3 Å². The lowest BCUT2D eigenvalue weighted by atomic mass is 10.2. The first-order valence-electron chi connectivity index (χ1n) is 9.55. The molecule has 160 valence electrons. The zero-order chi connectivity index (χ0) is 22.3. The zero-order valence-electron chi connectivity index (χ0n) is 17.0. The van der Waals surface area contributed by atoms with E-state index < -0.39 is 11.9 Å². The van der Waals surface area contributed by atoms with E-state index in [1.807, 2.05) is 30.3 Å². The summed E-state index contributed by atoms with van der Waals surface area (Å²) in [5.41, 5.74) is 2.49. The number of thioether (sulfide) groups is 1. The first-order chi connectivity index (χ1) is 15.7. The minimum atomic E-state index is -0.448. The van der Waals surface area contributed by atoms with E-state index >= 15 is 0 Å². The Morgan fingerprint density at radius 1 is 1.00 bits per heavy atom. The summed E-state index contributed by atoms with van der Waals surface area (Å²) in [5, 5.41) is 11.7. The van der Waals surface area contributed by atoms with Gasteiger partial charge in [-0.25, -0.2) is 19.4 Å². The number of carbonyl (C=O) groups is 2. The first kappa shape index (κ1) is 21.2. The molecule has 0 fully saturated rings. The fourth-order valence-corrected chi connectivity index (χ4v) is 3.67. The molecule has 1 N–H and O–H groups in total. The van der Waals surface area contributed by atoms with Crippen LogP contribution in [0.2, 0.25) is 0 Å². The summed E-state index contributed by atoms with van der Waals surface area (Å²) >= 11 is 1.38. The molecule has 4 rings (SSSR count). The Kier molecular flexibility index (Phi) is 6.52. The van der Waals surface area contributed by atoms with Crippen LogP contribution in [0.3, 0.4) is 0 Å². The number of rotatable bonds is 7. The van der Waals surface area contributed by atoms with Gasteiger partial charge in [0, 0.05) is 23.8 Å². The highest BCUT2D eigenvalue weighted by Crippen LogP contribution is 2.23. The third-order valence-corrected chi connectivity index (χ3v) is 5.31. The topological polar surface area (TPSA) is 112 Å². The van der Waals surface area contributed by atoms with Gasteiger partial charge in [0.15, 0.2) is 10.9 Å². The Bertz CT molecular complexity index is 1210. The van der Waals surface area contributed by atoms with E-state index in [1.165, 1.54) is 18.9 Å². The Hall–Kier alpha value is -4.05. The summed E-state index contributed by atoms with van der Waals surface area (Å²) in [4.78, 5) is 33.0. The van der Waals surface area contributed by atoms with E-state index in [1.54, 1.807) is 47.4 Å². The van der Waals surface area contributed by atoms with Gasteiger partial charge in [-0.2, -0.15) is 0 Å². The van der Waals surface area contributed by atoms with Gasteiger partial charge in [0.25, 0.3) is 5.91 Å². The van der Waals surface area contributed by atoms with Crippen molar-refractivity contribution in [2.24, 2.45) is 0 Å². The monoisotopic (exact) mass is 446 g/mol. The quantitative estimate of drug-likeness (QED) is 0.261. The zero-order valence-corrected chi connectivity index (χ0v) is 17.8. The SMILES string of the molecule is COC(=O)c1ccc(NC(=O)c2nnn(-c3ccccc3)c2CSc2ncccn2)cc1. The number of nitrogens with one attached hydrogen (secondary N) is 1. The fraction of sp³-hybridized carbons (Fsp3) is 0.0909. The molecule has 0 aliphatic heterocycles. The standard InChI is InChI=1S/C22H18N6O3S/c1-31-21(30)15-8-10-16(11-9-15)25-20(29)19-18(14-32-22-23-12-5-13-24-22)28(27-26-19)17-6-3-2-4-7-17/h2-13H,14H2,1H3,(H,25,29). The first-order valence-corrected chi connectivity index (χ1v) is 10.5. The van der Waals surface area contributed by atoms with Crippen LogP contribution in [0.5, 0.6) is 0 Å². The van der Waals surface area contributed by atoms with Crippen molar-refractivity contribution < 1.29 is 14.3 Å². The molecule has 0 atom stereocenters. The van der Waals surface area contributed by atoms with Gasteiger partial charge in [-0.3, -0.25) is 4.79 Å². The summed E-state index contributed by atoms with van der Waals surface area (Å²) in [6.45, 7) is 0. The molecule has 2 heterocycles. The van der Waals surface area contributed by atoms with Crippen molar-refractivity contribution in [1.82, 2.24) is 25.0 Å². The Balaban J connectivity index is 1.60. The molecular weight excluding hydrogens is 428 g/mol. The molecular formula is C22H18N6O3S. The summed E-state index contributed by atoms with van der Waals surface area (Å²) in [7, 11) is 1.31. The summed E-state index contributed by atoms with van der Waals surface area (Å²) in [5.74, 6) is -0.477. The molecule has 0 unspecified atom stereocenters. The van der Waals surface area contributed by atoms with Gasteiger partial charge < -0.3 is 10.1 Å². The van der Waals surface area contributed by atoms with E-state index in [2.05, 4.69) is 25.6 Å². The van der Waals surface area contributed by atoms with Crippen LogP contribution in [0.4, 0.5) is 5.69 Å². The lowest BCUT2D eigenvalue weighted by molar-refractivity contribution is 0.0600. The van der Waals surface area contributed by atoms with Crippen LogP contribution in [0.15, 0.2) is 78.2 Å². The highest BCUT2D eigenvalue weighted by atomic mass is 32.2. The van der Waals surface area contributed by atoms with Crippen molar-refractivity contribution in [1.29, 1.82) is 0 Å². The number of methoxy groups -OCH3 is 1. The van der Waals surface area contributed by atoms with Crippen molar-refractivity contribution in [2.45, 2.75) is 10.9 Å². The van der Waals surface area contributed by atoms with Gasteiger partial charge >= 0.3 is 5.97 Å². The maximum Gasteiger partial charge on any atom is 0.337 e. The summed E-state index contributed by atoms with van der Waals surface area (Å²) < 4.78 is 6.32. The van der Waals surface area contributed by atoms with E-state index in [9.17, 15) is 9.59 Å². The number of carbonyl (C=O) groups excluding carboxylic acids is 2. The second kappa shape index (κ2) is 9.84. The maximum atomic E-state index is 13.0. The van der Waals surface area contributed by atoms with Gasteiger partial charge in [-0.15, -0.1) is 5.10 Å². The molecule has 0 saturated carbocycles. The molecule has 32 heavy (non-hydrogen) atoms. The molecule has 1 amide bonds. The maximum absolute atomic E-state index is 13.0. The normalized spacial score (nSPS) is 10.5. The number of anilines is 1. The van der Waals surface area contributed by atoms with Crippen LogP contribution in [-0.2, 0) is 10.5 Å². The second-order valence-corrected chi connectivity index (χ2v) is 7.42. The molecule has 0 spiro atoms. The van der Waals surface area contributed by atoms with E-state index in [0.29, 0.717) is 27.9 Å². The lowest BCUT2D eigenvalue weighted by Crippen LogP contribution is -2.15. The average molecular weight is 446 g/mol. The third kappa shape index (κ3) is 4.81. The van der Waals surface area contributed by atoms with Crippen LogP contribution >= 0.6 is 11.8 Å². The molecule has 0 aliphatic rings. The molecule has 10 heteroatoms. The number of nitrogens with zero attached hydrogens (tertiary/aromatic N) is 5. The fourth-order valence-electron chi connectivity index (χ4n) is 2.87. The van der Waals surface area contributed by atoms with Gasteiger partial charge in [-0.1, -0.05) is 35.2 Å². The van der Waals surface area contributed by atoms with Gasteiger partial charge in [-0.05, 0) is 42.5 Å². The highest BCUT2D eigenvalue weighted by Gasteiger charge is 2.21. The Morgan fingerprint density at radius 2 is 1.72 bits per heavy atom. The molecule has 2 aromatic heterocycles. The van der Waals surface area contributed by atoms with Gasteiger partial charge in [0.2, 0.25) is 0 Å². The van der Waals surface area contributed by atoms with E-state index in [0.717, 1.165) is 5.69 Å². The minimum Gasteiger partial charge on any atom is -0.465 e. The highest BCUT2D eigenvalue weighted by molar-refractivity contribution is 7.98. The van der Waals surface area contributed by atoms with Crippen molar-refractivity contribution in [3.05, 3.63) is 90.0 Å². The molecule has 0 saturated heterocycles. The number of esters is 1. The number of para-hydroxylation sites is 1. The number of hydrogen-bond acceptors (Lipinski definition) is 8. The van der Waals surface area contributed by atoms with Crippen LogP contribution in [0, 0.1) is 0 Å². The van der Waals surface area contributed by atoms with Crippen molar-refractivity contribution in [3.63, 3.8) is 0 Å². The number of benzene rings is 2. The van der Waals surface area contributed by atoms with Crippen LogP contribution in [-0.4, -0.2) is 43.9 Å². The average Bonchev–Trinajstić information content (AvgIpc) is 3.28. The van der Waals surface area contributed by atoms with Crippen molar-refractivity contribution in [2.75, 3.05) is 12.4 Å². The molecule has 2 aromatic carbocycles. The van der Waals surface area contributed by atoms with Crippen molar-refractivity contribution in [3.8, 4) is 5.69 Å². The van der Waals surface area contributed by atoms with E-state index in [4.69, 9.17) is 4.74 Å². The largest absolute Gasteiger partial charge is 0.465 e.